The molecule has 2 unspecified atom stereocenters. The fourth-order valence-corrected chi connectivity index (χ4v) is 6.02. The number of unbranched alkanes of at least 4 members (excludes halogenated alkanes) is 8. The highest BCUT2D eigenvalue weighted by atomic mass is 31.2. The van der Waals surface area contributed by atoms with Crippen molar-refractivity contribution in [3.8, 4) is 0 Å². The first-order valence-electron chi connectivity index (χ1n) is 22.3. The van der Waals surface area contributed by atoms with Crippen LogP contribution in [-0.4, -0.2) is 74.1 Å². The standard InChI is InChI=1S/C50H82NO7P/c1-5-6-7-8-9-10-11-12-13-14-15-16-17-18-19-20-21-22-23-24-25-26-27-28-29-30-31-32-33-34-35-36-37-38-39-40-41-42-43-44-50(53)56-47-49(52)48-58-59(54,55)57-46-45-51(2,3)4/h6-7,9-10,12-13,15-16,18-19,21-22,24-25,27-28,30-31,33-34,49,52H,5,8,11,14,17,20,23,26,29,32,35-48H2,1-4H3/p+1/b7-6-,10-9-,13-12-,16-15-,19-18-,22-21-,25-24-,28-27-,31-30-,34-33-. The minimum atomic E-state index is -4.26. The van der Waals surface area contributed by atoms with Crippen LogP contribution in [0.15, 0.2) is 122 Å². The molecule has 0 aliphatic carbocycles. The van der Waals surface area contributed by atoms with Gasteiger partial charge >= 0.3 is 13.8 Å². The van der Waals surface area contributed by atoms with E-state index >= 15 is 0 Å². The van der Waals surface area contributed by atoms with E-state index in [0.29, 0.717) is 17.4 Å². The Morgan fingerprint density at radius 2 is 0.881 bits per heavy atom. The number of hydrogen-bond acceptors (Lipinski definition) is 6. The summed E-state index contributed by atoms with van der Waals surface area (Å²) < 4.78 is 27.2. The summed E-state index contributed by atoms with van der Waals surface area (Å²) in [7, 11) is 1.54. The summed E-state index contributed by atoms with van der Waals surface area (Å²) in [5.41, 5.74) is 0. The first-order chi connectivity index (χ1) is 28.6. The molecule has 0 fully saturated rings. The van der Waals surface area contributed by atoms with Crippen molar-refractivity contribution in [2.45, 2.75) is 141 Å². The summed E-state index contributed by atoms with van der Waals surface area (Å²) in [6, 6.07) is 0. The van der Waals surface area contributed by atoms with E-state index in [1.165, 1.54) is 32.1 Å². The Kier molecular flexibility index (Phi) is 39.4. The number of carbonyl (C=O) groups is 1. The molecule has 9 heteroatoms. The SMILES string of the molecule is CC/C=C\C/C=C\C/C=C\C/C=C\C/C=C\C/C=C\C/C=C\C/C=C\C/C=C\C/C=C\CCCCCCCCCCC(=O)OCC(O)COP(=O)(O)OCC[N+](C)(C)C. The summed E-state index contributed by atoms with van der Waals surface area (Å²) >= 11 is 0. The predicted molar refractivity (Wildman–Crippen MR) is 251 cm³/mol. The second kappa shape index (κ2) is 41.6. The van der Waals surface area contributed by atoms with Crippen molar-refractivity contribution in [2.75, 3.05) is 47.5 Å². The Morgan fingerprint density at radius 3 is 1.27 bits per heavy atom. The average molecular weight is 841 g/mol. The lowest BCUT2D eigenvalue weighted by Gasteiger charge is -2.24. The van der Waals surface area contributed by atoms with Crippen LogP contribution in [-0.2, 0) is 23.1 Å². The minimum Gasteiger partial charge on any atom is -0.463 e. The van der Waals surface area contributed by atoms with Gasteiger partial charge in [0.2, 0.25) is 0 Å². The molecule has 0 bridgehead atoms. The van der Waals surface area contributed by atoms with Crippen LogP contribution in [0.3, 0.4) is 0 Å². The molecule has 0 saturated heterocycles. The number of aliphatic hydroxyl groups is 1. The third-order valence-electron chi connectivity index (χ3n) is 8.74. The van der Waals surface area contributed by atoms with Gasteiger partial charge in [0.15, 0.2) is 0 Å². The van der Waals surface area contributed by atoms with Gasteiger partial charge in [-0.05, 0) is 83.5 Å². The van der Waals surface area contributed by atoms with Gasteiger partial charge in [-0.25, -0.2) is 4.57 Å². The highest BCUT2D eigenvalue weighted by Crippen LogP contribution is 2.43. The number of likely N-dealkylation sites (N-methyl/N-ethyl adjacent to an activating group) is 1. The first kappa shape index (κ1) is 55.9. The largest absolute Gasteiger partial charge is 0.472 e. The van der Waals surface area contributed by atoms with Crippen molar-refractivity contribution in [3.63, 3.8) is 0 Å². The monoisotopic (exact) mass is 841 g/mol. The fraction of sp³-hybridized carbons (Fsp3) is 0.580. The van der Waals surface area contributed by atoms with Crippen molar-refractivity contribution in [2.24, 2.45) is 0 Å². The summed E-state index contributed by atoms with van der Waals surface area (Å²) in [5, 5.41) is 9.92. The zero-order valence-corrected chi connectivity index (χ0v) is 38.3. The van der Waals surface area contributed by atoms with E-state index in [0.717, 1.165) is 89.9 Å². The topological polar surface area (TPSA) is 102 Å². The number of allylic oxidation sites excluding steroid dienone is 20. The Balaban J connectivity index is 3.60. The molecule has 8 nitrogen and oxygen atoms in total. The van der Waals surface area contributed by atoms with Crippen LogP contribution in [0.25, 0.3) is 0 Å². The molecule has 0 radical (unpaired) electrons. The number of rotatable bonds is 39. The lowest BCUT2D eigenvalue weighted by Crippen LogP contribution is -2.37. The normalized spacial score (nSPS) is 14.9. The highest BCUT2D eigenvalue weighted by molar-refractivity contribution is 7.47. The smallest absolute Gasteiger partial charge is 0.463 e. The molecule has 0 heterocycles. The Labute approximate surface area is 360 Å². The van der Waals surface area contributed by atoms with E-state index in [-0.39, 0.29) is 19.2 Å². The van der Waals surface area contributed by atoms with Crippen LogP contribution < -0.4 is 0 Å². The van der Waals surface area contributed by atoms with E-state index in [9.17, 15) is 19.4 Å². The lowest BCUT2D eigenvalue weighted by molar-refractivity contribution is -0.870. The molecule has 0 aromatic carbocycles. The van der Waals surface area contributed by atoms with E-state index in [4.69, 9.17) is 13.8 Å². The van der Waals surface area contributed by atoms with Crippen molar-refractivity contribution in [1.29, 1.82) is 0 Å². The van der Waals surface area contributed by atoms with Gasteiger partial charge in [-0.3, -0.25) is 13.8 Å². The molecule has 2 N–H and O–H groups in total. The molecule has 0 amide bonds. The van der Waals surface area contributed by atoms with Gasteiger partial charge in [-0.15, -0.1) is 0 Å². The predicted octanol–water partition coefficient (Wildman–Crippen LogP) is 13.1. The zero-order chi connectivity index (χ0) is 43.4. The number of phosphoric ester groups is 1. The van der Waals surface area contributed by atoms with Crippen LogP contribution >= 0.6 is 7.82 Å². The molecule has 0 aromatic rings. The van der Waals surface area contributed by atoms with Crippen molar-refractivity contribution in [1.82, 2.24) is 0 Å². The zero-order valence-electron chi connectivity index (χ0n) is 37.4. The van der Waals surface area contributed by atoms with Crippen LogP contribution in [0.1, 0.15) is 135 Å². The van der Waals surface area contributed by atoms with Gasteiger partial charge in [0.1, 0.15) is 25.9 Å². The average Bonchev–Trinajstić information content (AvgIpc) is 3.19. The molecule has 0 aliphatic heterocycles. The van der Waals surface area contributed by atoms with E-state index in [1.54, 1.807) is 0 Å². The Hall–Kier alpha value is -3.10. The maximum atomic E-state index is 12.0. The summed E-state index contributed by atoms with van der Waals surface area (Å²) in [6.45, 7) is 1.99. The van der Waals surface area contributed by atoms with E-state index in [2.05, 4.69) is 128 Å². The minimum absolute atomic E-state index is 0.0470. The molecular weight excluding hydrogens is 758 g/mol. The third kappa shape index (κ3) is 47.5. The third-order valence-corrected chi connectivity index (χ3v) is 9.72. The van der Waals surface area contributed by atoms with Gasteiger partial charge in [0.25, 0.3) is 0 Å². The van der Waals surface area contributed by atoms with Gasteiger partial charge < -0.3 is 19.2 Å². The molecule has 0 rings (SSSR count). The molecule has 0 aliphatic rings. The Morgan fingerprint density at radius 1 is 0.525 bits per heavy atom. The quantitative estimate of drug-likeness (QED) is 0.0209. The van der Waals surface area contributed by atoms with E-state index in [1.807, 2.05) is 21.1 Å². The molecule has 59 heavy (non-hydrogen) atoms. The number of phosphoric acid groups is 1. The first-order valence-corrected chi connectivity index (χ1v) is 23.8. The van der Waals surface area contributed by atoms with Gasteiger partial charge in [-0.1, -0.05) is 167 Å². The molecular formula is C50H83NO7P+. The van der Waals surface area contributed by atoms with Gasteiger partial charge in [-0.2, -0.15) is 0 Å². The summed E-state index contributed by atoms with van der Waals surface area (Å²) in [5.74, 6) is -0.386. The maximum absolute atomic E-state index is 12.0. The summed E-state index contributed by atoms with van der Waals surface area (Å²) in [6.07, 6.45) is 63.9. The Bertz CT molecular complexity index is 1350. The van der Waals surface area contributed by atoms with Crippen LogP contribution in [0.4, 0.5) is 0 Å². The number of hydrogen-bond donors (Lipinski definition) is 2. The second-order valence-corrected chi connectivity index (χ2v) is 17.0. The van der Waals surface area contributed by atoms with Crippen molar-refractivity contribution in [3.05, 3.63) is 122 Å². The number of esters is 1. The number of nitrogens with zero attached hydrogens (tertiary/aromatic N) is 1. The van der Waals surface area contributed by atoms with Crippen LogP contribution in [0.5, 0.6) is 0 Å². The fourth-order valence-electron chi connectivity index (χ4n) is 5.27. The summed E-state index contributed by atoms with van der Waals surface area (Å²) in [4.78, 5) is 21.6. The number of quaternary nitrogens is 1. The molecule has 0 aromatic heterocycles. The van der Waals surface area contributed by atoms with Gasteiger partial charge in [0, 0.05) is 6.42 Å². The van der Waals surface area contributed by atoms with Crippen LogP contribution in [0.2, 0.25) is 0 Å². The van der Waals surface area contributed by atoms with E-state index < -0.39 is 20.5 Å². The van der Waals surface area contributed by atoms with Crippen molar-refractivity contribution >= 4 is 13.8 Å². The number of aliphatic hydroxyl groups excluding tert-OH is 1. The van der Waals surface area contributed by atoms with Crippen LogP contribution in [0, 0.1) is 0 Å². The molecule has 2 atom stereocenters. The maximum Gasteiger partial charge on any atom is 0.472 e. The van der Waals surface area contributed by atoms with Gasteiger partial charge in [0.05, 0.1) is 27.7 Å². The molecule has 0 saturated carbocycles. The molecule has 0 spiro atoms. The van der Waals surface area contributed by atoms with Crippen molar-refractivity contribution < 1.29 is 37.6 Å². The molecule has 334 valence electrons. The number of ether oxygens (including phenoxy) is 1. The lowest BCUT2D eigenvalue weighted by atomic mass is 10.1. The highest BCUT2D eigenvalue weighted by Gasteiger charge is 2.24. The second-order valence-electron chi connectivity index (χ2n) is 15.6. The number of carbonyl (C=O) groups excluding carboxylic acids is 1.